The fraction of sp³-hybridized carbons (Fsp3) is 0.333. The van der Waals surface area contributed by atoms with E-state index in [1.54, 1.807) is 0 Å². The number of rotatable bonds is 5. The molecule has 0 saturated heterocycles. The second-order valence-electron chi connectivity index (χ2n) is 5.55. The molecule has 1 saturated carbocycles. The minimum absolute atomic E-state index is 0.353. The summed E-state index contributed by atoms with van der Waals surface area (Å²) in [5.74, 6) is 0. The van der Waals surface area contributed by atoms with Gasteiger partial charge in [-0.3, -0.25) is 0 Å². The van der Waals surface area contributed by atoms with Gasteiger partial charge >= 0.3 is 0 Å². The highest BCUT2D eigenvalue weighted by molar-refractivity contribution is 5.35. The molecule has 1 unspecified atom stereocenters. The van der Waals surface area contributed by atoms with Gasteiger partial charge in [-0.15, -0.1) is 0 Å². The lowest BCUT2D eigenvalue weighted by Crippen LogP contribution is -2.39. The Hall–Kier alpha value is -1.60. The zero-order chi connectivity index (χ0) is 13.1. The third-order valence-electron chi connectivity index (χ3n) is 4.44. The van der Waals surface area contributed by atoms with Crippen molar-refractivity contribution in [2.24, 2.45) is 0 Å². The highest BCUT2D eigenvalue weighted by Crippen LogP contribution is 2.51. The first-order chi connectivity index (χ1) is 9.35. The molecule has 0 heterocycles. The molecule has 1 fully saturated rings. The number of likely N-dealkylation sites (N-methyl/N-ethyl adjacent to an activating group) is 1. The van der Waals surface area contributed by atoms with Crippen LogP contribution in [0.3, 0.4) is 0 Å². The lowest BCUT2D eigenvalue weighted by Gasteiger charge is -2.27. The molecule has 0 aliphatic heterocycles. The normalized spacial score (nSPS) is 17.9. The molecule has 0 radical (unpaired) electrons. The van der Waals surface area contributed by atoms with Crippen LogP contribution in [0.4, 0.5) is 0 Å². The molecule has 3 rings (SSSR count). The first-order valence-electron chi connectivity index (χ1n) is 7.12. The van der Waals surface area contributed by atoms with Gasteiger partial charge in [-0.25, -0.2) is 0 Å². The van der Waals surface area contributed by atoms with Gasteiger partial charge in [0.15, 0.2) is 0 Å². The Balaban J connectivity index is 1.83. The van der Waals surface area contributed by atoms with E-state index < -0.39 is 0 Å². The van der Waals surface area contributed by atoms with Crippen molar-refractivity contribution < 1.29 is 0 Å². The van der Waals surface area contributed by atoms with Crippen molar-refractivity contribution in [3.8, 4) is 0 Å². The molecule has 1 nitrogen and oxygen atoms in total. The first-order valence-corrected chi connectivity index (χ1v) is 7.12. The van der Waals surface area contributed by atoms with Crippen LogP contribution in [-0.2, 0) is 11.8 Å². The second-order valence-corrected chi connectivity index (χ2v) is 5.55. The summed E-state index contributed by atoms with van der Waals surface area (Å²) in [6.07, 6.45) is 3.71. The number of hydrogen-bond acceptors (Lipinski definition) is 1. The van der Waals surface area contributed by atoms with Crippen molar-refractivity contribution in [2.75, 3.05) is 7.05 Å². The number of benzene rings is 2. The average molecular weight is 251 g/mol. The summed E-state index contributed by atoms with van der Waals surface area (Å²) in [5, 5.41) is 3.55. The summed E-state index contributed by atoms with van der Waals surface area (Å²) in [4.78, 5) is 0. The van der Waals surface area contributed by atoms with E-state index >= 15 is 0 Å². The van der Waals surface area contributed by atoms with E-state index in [0.717, 1.165) is 6.42 Å². The van der Waals surface area contributed by atoms with Gasteiger partial charge in [0.25, 0.3) is 0 Å². The minimum atomic E-state index is 0.353. The molecule has 1 N–H and O–H groups in total. The molecule has 1 atom stereocenters. The zero-order valence-corrected chi connectivity index (χ0v) is 11.5. The van der Waals surface area contributed by atoms with Crippen LogP contribution in [0.5, 0.6) is 0 Å². The van der Waals surface area contributed by atoms with Gasteiger partial charge in [0.1, 0.15) is 0 Å². The van der Waals surface area contributed by atoms with Gasteiger partial charge in [0.05, 0.1) is 0 Å². The van der Waals surface area contributed by atoms with Crippen LogP contribution in [-0.4, -0.2) is 13.1 Å². The molecule has 0 aromatic heterocycles. The molecule has 0 amide bonds. The summed E-state index contributed by atoms with van der Waals surface area (Å²) in [6.45, 7) is 0. The summed E-state index contributed by atoms with van der Waals surface area (Å²) in [6, 6.07) is 22.3. The molecule has 0 spiro atoms. The van der Waals surface area contributed by atoms with Crippen molar-refractivity contribution >= 4 is 0 Å². The first kappa shape index (κ1) is 12.4. The average Bonchev–Trinajstić information content (AvgIpc) is 3.28. The van der Waals surface area contributed by atoms with Crippen molar-refractivity contribution in [3.63, 3.8) is 0 Å². The molecule has 2 aromatic rings. The van der Waals surface area contributed by atoms with E-state index in [-0.39, 0.29) is 0 Å². The maximum Gasteiger partial charge on any atom is 0.0201 e. The predicted octanol–water partition coefficient (Wildman–Crippen LogP) is 3.55. The Morgan fingerprint density at radius 1 is 0.947 bits per heavy atom. The van der Waals surface area contributed by atoms with Gasteiger partial charge in [0.2, 0.25) is 0 Å². The monoisotopic (exact) mass is 251 g/mol. The molecule has 98 valence electrons. The fourth-order valence-corrected chi connectivity index (χ4v) is 3.17. The second kappa shape index (κ2) is 5.18. The maximum absolute atomic E-state index is 3.55. The van der Waals surface area contributed by atoms with Crippen LogP contribution in [0.1, 0.15) is 24.0 Å². The van der Waals surface area contributed by atoms with Gasteiger partial charge in [-0.1, -0.05) is 60.7 Å². The van der Waals surface area contributed by atoms with Gasteiger partial charge in [0, 0.05) is 11.5 Å². The molecule has 2 aromatic carbocycles. The summed E-state index contributed by atoms with van der Waals surface area (Å²) < 4.78 is 0. The standard InChI is InChI=1S/C18H21N/c1-19-17(14-15-8-4-2-5-9-15)18(12-13-18)16-10-6-3-7-11-16/h2-11,17,19H,12-14H2,1H3. The largest absolute Gasteiger partial charge is 0.316 e. The third kappa shape index (κ3) is 2.43. The molecule has 1 heteroatoms. The van der Waals surface area contributed by atoms with Crippen LogP contribution in [0.2, 0.25) is 0 Å². The summed E-state index contributed by atoms with van der Waals surface area (Å²) in [7, 11) is 2.09. The van der Waals surface area contributed by atoms with Crippen molar-refractivity contribution in [1.82, 2.24) is 5.32 Å². The van der Waals surface area contributed by atoms with Crippen molar-refractivity contribution in [1.29, 1.82) is 0 Å². The highest BCUT2D eigenvalue weighted by Gasteiger charge is 2.49. The SMILES string of the molecule is CNC(Cc1ccccc1)C1(c2ccccc2)CC1. The molecule has 19 heavy (non-hydrogen) atoms. The van der Waals surface area contributed by atoms with Gasteiger partial charge < -0.3 is 5.32 Å². The minimum Gasteiger partial charge on any atom is -0.316 e. The van der Waals surface area contributed by atoms with E-state index in [1.807, 2.05) is 0 Å². The van der Waals surface area contributed by atoms with E-state index in [2.05, 4.69) is 73.0 Å². The van der Waals surface area contributed by atoms with E-state index in [4.69, 9.17) is 0 Å². The summed E-state index contributed by atoms with van der Waals surface area (Å²) in [5.41, 5.74) is 3.26. The number of hydrogen-bond donors (Lipinski definition) is 1. The molecular weight excluding hydrogens is 230 g/mol. The van der Waals surface area contributed by atoms with E-state index in [9.17, 15) is 0 Å². The highest BCUT2D eigenvalue weighted by atomic mass is 14.9. The quantitative estimate of drug-likeness (QED) is 0.857. The number of nitrogens with one attached hydrogen (secondary N) is 1. The molecular formula is C18H21N. The topological polar surface area (TPSA) is 12.0 Å². The maximum atomic E-state index is 3.55. The Morgan fingerprint density at radius 2 is 1.53 bits per heavy atom. The van der Waals surface area contributed by atoms with Crippen LogP contribution in [0.15, 0.2) is 60.7 Å². The Morgan fingerprint density at radius 3 is 2.05 bits per heavy atom. The molecule has 1 aliphatic rings. The van der Waals surface area contributed by atoms with Crippen LogP contribution in [0, 0.1) is 0 Å². The molecule has 0 bridgehead atoms. The predicted molar refractivity (Wildman–Crippen MR) is 80.3 cm³/mol. The van der Waals surface area contributed by atoms with Crippen LogP contribution >= 0.6 is 0 Å². The Kier molecular flexibility index (Phi) is 3.39. The smallest absolute Gasteiger partial charge is 0.0201 e. The van der Waals surface area contributed by atoms with Gasteiger partial charge in [-0.05, 0) is 37.4 Å². The van der Waals surface area contributed by atoms with Crippen LogP contribution < -0.4 is 5.32 Å². The third-order valence-corrected chi connectivity index (χ3v) is 4.44. The van der Waals surface area contributed by atoms with Gasteiger partial charge in [-0.2, -0.15) is 0 Å². The van der Waals surface area contributed by atoms with Crippen LogP contribution in [0.25, 0.3) is 0 Å². The van der Waals surface area contributed by atoms with E-state index in [0.29, 0.717) is 11.5 Å². The van der Waals surface area contributed by atoms with E-state index in [1.165, 1.54) is 24.0 Å². The summed E-state index contributed by atoms with van der Waals surface area (Å²) >= 11 is 0. The Labute approximate surface area is 115 Å². The van der Waals surface area contributed by atoms with Crippen molar-refractivity contribution in [2.45, 2.75) is 30.7 Å². The van der Waals surface area contributed by atoms with Crippen molar-refractivity contribution in [3.05, 3.63) is 71.8 Å². The lowest BCUT2D eigenvalue weighted by molar-refractivity contribution is 0.442. The lowest BCUT2D eigenvalue weighted by atomic mass is 9.84. The molecule has 1 aliphatic carbocycles. The zero-order valence-electron chi connectivity index (χ0n) is 11.5. The fourth-order valence-electron chi connectivity index (χ4n) is 3.17. The Bertz CT molecular complexity index is 514.